The summed E-state index contributed by atoms with van der Waals surface area (Å²) in [6.45, 7) is 0.357. The van der Waals surface area contributed by atoms with Gasteiger partial charge in [0.2, 0.25) is 0 Å². The summed E-state index contributed by atoms with van der Waals surface area (Å²) in [5, 5.41) is 17.7. The molecule has 1 heterocycles. The molecule has 5 rings (SSSR count). The van der Waals surface area contributed by atoms with Crippen LogP contribution in [0.3, 0.4) is 0 Å². The van der Waals surface area contributed by atoms with Crippen molar-refractivity contribution in [3.63, 3.8) is 0 Å². The van der Waals surface area contributed by atoms with E-state index in [0.717, 1.165) is 37.0 Å². The standard InChI is InChI=1S/C17H25N3O2/c1-20-14(2-3-19-20)16(22)18-10-15(21)17-7-11-4-12(8-17)6-13(5-11)9-17/h2-3,11-13,15,21H,4-10H2,1H3,(H,18,22). The van der Waals surface area contributed by atoms with Gasteiger partial charge in [0.05, 0.1) is 6.10 Å². The highest BCUT2D eigenvalue weighted by molar-refractivity contribution is 5.92. The lowest BCUT2D eigenvalue weighted by Crippen LogP contribution is -2.54. The minimum absolute atomic E-state index is 0.0640. The number of aliphatic hydroxyl groups is 1. The summed E-state index contributed by atoms with van der Waals surface area (Å²) in [5.41, 5.74) is 0.604. The normalized spacial score (nSPS) is 37.3. The third-order valence-corrected chi connectivity index (χ3v) is 6.30. The van der Waals surface area contributed by atoms with Crippen LogP contribution in [-0.4, -0.2) is 33.4 Å². The molecule has 5 heteroatoms. The lowest BCUT2D eigenvalue weighted by Gasteiger charge is -2.58. The fourth-order valence-electron chi connectivity index (χ4n) is 5.68. The Balaban J connectivity index is 1.41. The number of aromatic nitrogens is 2. The van der Waals surface area contributed by atoms with Gasteiger partial charge >= 0.3 is 0 Å². The molecule has 0 saturated heterocycles. The minimum atomic E-state index is -0.418. The third-order valence-electron chi connectivity index (χ3n) is 6.30. The first kappa shape index (κ1) is 14.2. The van der Waals surface area contributed by atoms with Crippen molar-refractivity contribution in [2.24, 2.45) is 30.2 Å². The zero-order chi connectivity index (χ0) is 15.3. The molecule has 4 fully saturated rings. The van der Waals surface area contributed by atoms with Gasteiger partial charge in [-0.15, -0.1) is 0 Å². The predicted octanol–water partition coefficient (Wildman–Crippen LogP) is 1.73. The fraction of sp³-hybridized carbons (Fsp3) is 0.765. The van der Waals surface area contributed by atoms with E-state index in [-0.39, 0.29) is 11.3 Å². The second-order valence-electron chi connectivity index (χ2n) is 7.85. The zero-order valence-electron chi connectivity index (χ0n) is 13.2. The van der Waals surface area contributed by atoms with Gasteiger partial charge in [-0.05, 0) is 67.8 Å². The number of rotatable bonds is 4. The predicted molar refractivity (Wildman–Crippen MR) is 82.2 cm³/mol. The van der Waals surface area contributed by atoms with Crippen LogP contribution in [0.5, 0.6) is 0 Å². The molecule has 4 aliphatic carbocycles. The molecule has 4 bridgehead atoms. The van der Waals surface area contributed by atoms with Gasteiger partial charge in [0.25, 0.3) is 5.91 Å². The van der Waals surface area contributed by atoms with Crippen molar-refractivity contribution in [3.8, 4) is 0 Å². The van der Waals surface area contributed by atoms with E-state index < -0.39 is 6.10 Å². The Bertz CT molecular complexity index is 545. The van der Waals surface area contributed by atoms with Crippen molar-refractivity contribution < 1.29 is 9.90 Å². The lowest BCUT2D eigenvalue weighted by molar-refractivity contribution is -0.118. The minimum Gasteiger partial charge on any atom is -0.391 e. The number of carbonyl (C=O) groups excluding carboxylic acids is 1. The quantitative estimate of drug-likeness (QED) is 0.890. The first-order valence-electron chi connectivity index (χ1n) is 8.50. The highest BCUT2D eigenvalue weighted by Gasteiger charge is 2.53. The SMILES string of the molecule is Cn1nccc1C(=O)NCC(O)C12CC3CC(CC(C3)C1)C2. The molecule has 5 nitrogen and oxygen atoms in total. The van der Waals surface area contributed by atoms with Crippen LogP contribution >= 0.6 is 0 Å². The second kappa shape index (κ2) is 5.08. The van der Waals surface area contributed by atoms with E-state index in [9.17, 15) is 9.90 Å². The molecule has 22 heavy (non-hydrogen) atoms. The van der Waals surface area contributed by atoms with E-state index in [4.69, 9.17) is 0 Å². The Morgan fingerprint density at radius 2 is 1.95 bits per heavy atom. The van der Waals surface area contributed by atoms with Crippen LogP contribution < -0.4 is 5.32 Å². The van der Waals surface area contributed by atoms with Crippen LogP contribution in [-0.2, 0) is 7.05 Å². The van der Waals surface area contributed by atoms with Crippen LogP contribution in [0.2, 0.25) is 0 Å². The number of hydrogen-bond acceptors (Lipinski definition) is 3. The topological polar surface area (TPSA) is 67.2 Å². The molecule has 1 aromatic heterocycles. The Morgan fingerprint density at radius 1 is 1.36 bits per heavy atom. The van der Waals surface area contributed by atoms with Crippen LogP contribution in [0.4, 0.5) is 0 Å². The van der Waals surface area contributed by atoms with E-state index in [1.807, 2.05) is 0 Å². The van der Waals surface area contributed by atoms with Gasteiger partial charge in [-0.1, -0.05) is 0 Å². The summed E-state index contributed by atoms with van der Waals surface area (Å²) in [6, 6.07) is 1.70. The molecule has 4 saturated carbocycles. The zero-order valence-corrected chi connectivity index (χ0v) is 13.2. The first-order chi connectivity index (χ1) is 10.6. The first-order valence-corrected chi connectivity index (χ1v) is 8.50. The van der Waals surface area contributed by atoms with Crippen molar-refractivity contribution >= 4 is 5.91 Å². The number of hydrogen-bond donors (Lipinski definition) is 2. The van der Waals surface area contributed by atoms with E-state index in [1.54, 1.807) is 24.0 Å². The summed E-state index contributed by atoms with van der Waals surface area (Å²) in [4.78, 5) is 12.2. The number of amides is 1. The van der Waals surface area contributed by atoms with Crippen molar-refractivity contribution in [2.45, 2.75) is 44.6 Å². The number of nitrogens with zero attached hydrogens (tertiary/aromatic N) is 2. The van der Waals surface area contributed by atoms with Crippen molar-refractivity contribution in [2.75, 3.05) is 6.54 Å². The van der Waals surface area contributed by atoms with E-state index in [2.05, 4.69) is 10.4 Å². The lowest BCUT2D eigenvalue weighted by atomic mass is 9.48. The van der Waals surface area contributed by atoms with Gasteiger partial charge in [0.1, 0.15) is 5.69 Å². The Hall–Kier alpha value is -1.36. The molecular formula is C17H25N3O2. The molecule has 120 valence electrons. The Labute approximate surface area is 131 Å². The summed E-state index contributed by atoms with van der Waals surface area (Å²) in [7, 11) is 1.75. The fourth-order valence-corrected chi connectivity index (χ4v) is 5.68. The van der Waals surface area contributed by atoms with Gasteiger partial charge in [0, 0.05) is 19.8 Å². The van der Waals surface area contributed by atoms with E-state index in [0.29, 0.717) is 12.2 Å². The van der Waals surface area contributed by atoms with Gasteiger partial charge < -0.3 is 10.4 Å². The molecule has 0 spiro atoms. The third kappa shape index (κ3) is 2.26. The second-order valence-corrected chi connectivity index (χ2v) is 7.85. The van der Waals surface area contributed by atoms with Gasteiger partial charge in [0.15, 0.2) is 0 Å². The maximum atomic E-state index is 12.2. The highest BCUT2D eigenvalue weighted by Crippen LogP contribution is 2.61. The summed E-state index contributed by atoms with van der Waals surface area (Å²) >= 11 is 0. The molecule has 0 aliphatic heterocycles. The maximum absolute atomic E-state index is 12.2. The van der Waals surface area contributed by atoms with Crippen molar-refractivity contribution in [1.82, 2.24) is 15.1 Å². The van der Waals surface area contributed by atoms with Crippen LogP contribution in [0.15, 0.2) is 12.3 Å². The van der Waals surface area contributed by atoms with Crippen LogP contribution in [0, 0.1) is 23.2 Å². The molecule has 2 N–H and O–H groups in total. The number of aryl methyl sites for hydroxylation is 1. The average Bonchev–Trinajstić information content (AvgIpc) is 2.89. The average molecular weight is 303 g/mol. The van der Waals surface area contributed by atoms with Gasteiger partial charge in [-0.2, -0.15) is 5.10 Å². The van der Waals surface area contributed by atoms with Crippen molar-refractivity contribution in [1.29, 1.82) is 0 Å². The van der Waals surface area contributed by atoms with E-state index >= 15 is 0 Å². The molecular weight excluding hydrogens is 278 g/mol. The monoisotopic (exact) mass is 303 g/mol. The molecule has 4 aliphatic rings. The number of aliphatic hydroxyl groups excluding tert-OH is 1. The van der Waals surface area contributed by atoms with Gasteiger partial charge in [-0.25, -0.2) is 0 Å². The molecule has 1 atom stereocenters. The largest absolute Gasteiger partial charge is 0.391 e. The molecule has 1 aromatic rings. The molecule has 1 amide bonds. The Morgan fingerprint density at radius 3 is 2.45 bits per heavy atom. The van der Waals surface area contributed by atoms with Crippen molar-refractivity contribution in [3.05, 3.63) is 18.0 Å². The molecule has 0 radical (unpaired) electrons. The molecule has 1 unspecified atom stereocenters. The smallest absolute Gasteiger partial charge is 0.269 e. The van der Waals surface area contributed by atoms with Crippen LogP contribution in [0.1, 0.15) is 49.0 Å². The Kier molecular flexibility index (Phi) is 3.29. The van der Waals surface area contributed by atoms with Crippen LogP contribution in [0.25, 0.3) is 0 Å². The highest BCUT2D eigenvalue weighted by atomic mass is 16.3. The van der Waals surface area contributed by atoms with E-state index in [1.165, 1.54) is 19.3 Å². The summed E-state index contributed by atoms with van der Waals surface area (Å²) < 4.78 is 1.56. The number of nitrogens with one attached hydrogen (secondary N) is 1. The summed E-state index contributed by atoms with van der Waals surface area (Å²) in [6.07, 6.45) is 8.77. The molecule has 0 aromatic carbocycles. The van der Waals surface area contributed by atoms with Gasteiger partial charge in [-0.3, -0.25) is 9.48 Å². The maximum Gasteiger partial charge on any atom is 0.269 e. The summed E-state index contributed by atoms with van der Waals surface area (Å²) in [5.74, 6) is 2.29. The number of carbonyl (C=O) groups is 1.